The Morgan fingerprint density at radius 2 is 1.55 bits per heavy atom. The van der Waals surface area contributed by atoms with Crippen LogP contribution < -0.4 is 14.8 Å². The van der Waals surface area contributed by atoms with Crippen molar-refractivity contribution in [2.45, 2.75) is 0 Å². The highest BCUT2D eigenvalue weighted by Crippen LogP contribution is 2.24. The summed E-state index contributed by atoms with van der Waals surface area (Å²) in [6.07, 6.45) is 1.51. The number of amides is 1. The van der Waals surface area contributed by atoms with Gasteiger partial charge < -0.3 is 10.1 Å². The van der Waals surface area contributed by atoms with Gasteiger partial charge in [0, 0.05) is 11.3 Å². The van der Waals surface area contributed by atoms with E-state index in [-0.39, 0.29) is 5.91 Å². The van der Waals surface area contributed by atoms with E-state index in [9.17, 15) is 13.2 Å². The van der Waals surface area contributed by atoms with Crippen molar-refractivity contribution in [1.29, 1.82) is 0 Å². The molecule has 0 saturated carbocycles. The number of sulfonamides is 1. The molecule has 148 valence electrons. The van der Waals surface area contributed by atoms with Crippen molar-refractivity contribution in [2.24, 2.45) is 0 Å². The van der Waals surface area contributed by atoms with Crippen LogP contribution in [0, 0.1) is 0 Å². The summed E-state index contributed by atoms with van der Waals surface area (Å²) in [5, 5.41) is 3.87. The SMILES string of the molecule is COc1ccccc1NC(=O)c1ccc(NS(=O)(=O)/C=C/c2ccccc2)cc1. The minimum absolute atomic E-state index is 0.326. The van der Waals surface area contributed by atoms with Gasteiger partial charge in [-0.25, -0.2) is 8.42 Å². The second-order valence-electron chi connectivity index (χ2n) is 6.09. The van der Waals surface area contributed by atoms with Crippen molar-refractivity contribution in [3.05, 3.63) is 95.4 Å². The van der Waals surface area contributed by atoms with Gasteiger partial charge in [0.15, 0.2) is 0 Å². The van der Waals surface area contributed by atoms with Crippen molar-refractivity contribution in [3.63, 3.8) is 0 Å². The third-order valence-corrected chi connectivity index (χ3v) is 5.02. The van der Waals surface area contributed by atoms with E-state index in [4.69, 9.17) is 4.74 Å². The first-order valence-corrected chi connectivity index (χ1v) is 10.3. The highest BCUT2D eigenvalue weighted by Gasteiger charge is 2.11. The number of benzene rings is 3. The summed E-state index contributed by atoms with van der Waals surface area (Å²) in [5.41, 5.74) is 2.08. The van der Waals surface area contributed by atoms with Crippen LogP contribution in [0.1, 0.15) is 15.9 Å². The summed E-state index contributed by atoms with van der Waals surface area (Å²) >= 11 is 0. The Balaban J connectivity index is 1.66. The van der Waals surface area contributed by atoms with E-state index in [2.05, 4.69) is 10.0 Å². The molecule has 0 atom stereocenters. The average Bonchev–Trinajstić information content (AvgIpc) is 2.74. The first-order chi connectivity index (χ1) is 14.0. The quantitative estimate of drug-likeness (QED) is 0.608. The fraction of sp³-hybridized carbons (Fsp3) is 0.0455. The first kappa shape index (κ1) is 20.2. The molecule has 2 N–H and O–H groups in total. The first-order valence-electron chi connectivity index (χ1n) is 8.77. The average molecular weight is 408 g/mol. The molecule has 0 unspecified atom stereocenters. The molecule has 0 fully saturated rings. The van der Waals surface area contributed by atoms with Crippen LogP contribution in [0.4, 0.5) is 11.4 Å². The van der Waals surface area contributed by atoms with Gasteiger partial charge in [0.25, 0.3) is 15.9 Å². The summed E-state index contributed by atoms with van der Waals surface area (Å²) in [6, 6.07) is 22.4. The lowest BCUT2D eigenvalue weighted by molar-refractivity contribution is 0.102. The van der Waals surface area contributed by atoms with Gasteiger partial charge in [-0.05, 0) is 48.0 Å². The molecule has 0 saturated heterocycles. The lowest BCUT2D eigenvalue weighted by atomic mass is 10.2. The third-order valence-electron chi connectivity index (χ3n) is 4.00. The number of hydrogen-bond acceptors (Lipinski definition) is 4. The molecule has 29 heavy (non-hydrogen) atoms. The standard InChI is InChI=1S/C22H20N2O4S/c1-28-21-10-6-5-9-20(21)23-22(25)18-11-13-19(14-12-18)24-29(26,27)16-15-17-7-3-2-4-8-17/h2-16,24H,1H3,(H,23,25)/b16-15+. The smallest absolute Gasteiger partial charge is 0.255 e. The lowest BCUT2D eigenvalue weighted by Gasteiger charge is -2.10. The number of rotatable bonds is 7. The largest absolute Gasteiger partial charge is 0.495 e. The fourth-order valence-corrected chi connectivity index (χ4v) is 3.43. The molecule has 0 aliphatic heterocycles. The molecule has 0 bridgehead atoms. The molecular formula is C22H20N2O4S. The Labute approximate surface area is 169 Å². The molecule has 3 aromatic rings. The minimum Gasteiger partial charge on any atom is -0.495 e. The maximum atomic E-state index is 12.4. The normalized spacial score (nSPS) is 11.2. The Morgan fingerprint density at radius 3 is 2.24 bits per heavy atom. The van der Waals surface area contributed by atoms with Crippen LogP contribution in [0.15, 0.2) is 84.3 Å². The predicted octanol–water partition coefficient (Wildman–Crippen LogP) is 4.36. The number of ether oxygens (including phenoxy) is 1. The number of nitrogens with one attached hydrogen (secondary N) is 2. The molecule has 1 amide bonds. The molecule has 0 aromatic heterocycles. The number of para-hydroxylation sites is 2. The molecule has 0 radical (unpaired) electrons. The molecule has 0 spiro atoms. The predicted molar refractivity (Wildman–Crippen MR) is 115 cm³/mol. The Hall–Kier alpha value is -3.58. The molecule has 0 aliphatic rings. The number of anilines is 2. The van der Waals surface area contributed by atoms with Gasteiger partial charge in [-0.3, -0.25) is 9.52 Å². The van der Waals surface area contributed by atoms with E-state index in [0.717, 1.165) is 11.0 Å². The number of carbonyl (C=O) groups is 1. The van der Waals surface area contributed by atoms with Crippen molar-refractivity contribution in [2.75, 3.05) is 17.1 Å². The molecule has 3 rings (SSSR count). The summed E-state index contributed by atoms with van der Waals surface area (Å²) in [6.45, 7) is 0. The lowest BCUT2D eigenvalue weighted by Crippen LogP contribution is -2.13. The van der Waals surface area contributed by atoms with Crippen molar-refractivity contribution in [3.8, 4) is 5.75 Å². The molecule has 0 aliphatic carbocycles. The number of hydrogen-bond donors (Lipinski definition) is 2. The Kier molecular flexibility index (Phi) is 6.31. The van der Waals surface area contributed by atoms with Gasteiger partial charge in [0.2, 0.25) is 0 Å². The second kappa shape index (κ2) is 9.07. The maximum Gasteiger partial charge on any atom is 0.255 e. The monoisotopic (exact) mass is 408 g/mol. The number of methoxy groups -OCH3 is 1. The van der Waals surface area contributed by atoms with Gasteiger partial charge in [-0.15, -0.1) is 0 Å². The zero-order chi connectivity index (χ0) is 20.7. The highest BCUT2D eigenvalue weighted by atomic mass is 32.2. The summed E-state index contributed by atoms with van der Waals surface area (Å²) in [5.74, 6) is 0.225. The van der Waals surface area contributed by atoms with Gasteiger partial charge in [-0.1, -0.05) is 42.5 Å². The summed E-state index contributed by atoms with van der Waals surface area (Å²) in [7, 11) is -2.15. The van der Waals surface area contributed by atoms with Crippen LogP contribution in [-0.4, -0.2) is 21.4 Å². The van der Waals surface area contributed by atoms with Crippen LogP contribution >= 0.6 is 0 Å². The molecule has 3 aromatic carbocycles. The van der Waals surface area contributed by atoms with E-state index in [1.165, 1.54) is 25.3 Å². The number of carbonyl (C=O) groups excluding carboxylic acids is 1. The molecule has 6 nitrogen and oxygen atoms in total. The second-order valence-corrected chi connectivity index (χ2v) is 7.66. The van der Waals surface area contributed by atoms with E-state index in [1.54, 1.807) is 42.5 Å². The van der Waals surface area contributed by atoms with Crippen LogP contribution in [0.25, 0.3) is 6.08 Å². The van der Waals surface area contributed by atoms with Gasteiger partial charge in [0.1, 0.15) is 5.75 Å². The van der Waals surface area contributed by atoms with Gasteiger partial charge >= 0.3 is 0 Å². The van der Waals surface area contributed by atoms with Crippen LogP contribution in [0.3, 0.4) is 0 Å². The van der Waals surface area contributed by atoms with Gasteiger partial charge in [-0.2, -0.15) is 0 Å². The van der Waals surface area contributed by atoms with E-state index >= 15 is 0 Å². The maximum absolute atomic E-state index is 12.4. The van der Waals surface area contributed by atoms with Crippen LogP contribution in [0.2, 0.25) is 0 Å². The zero-order valence-corrected chi connectivity index (χ0v) is 16.5. The molecule has 0 heterocycles. The van der Waals surface area contributed by atoms with Gasteiger partial charge in [0.05, 0.1) is 18.2 Å². The van der Waals surface area contributed by atoms with E-state index < -0.39 is 10.0 Å². The minimum atomic E-state index is -3.67. The van der Waals surface area contributed by atoms with Crippen molar-refractivity contribution in [1.82, 2.24) is 0 Å². The fourth-order valence-electron chi connectivity index (χ4n) is 2.56. The van der Waals surface area contributed by atoms with Crippen LogP contribution in [0.5, 0.6) is 5.75 Å². The highest BCUT2D eigenvalue weighted by molar-refractivity contribution is 7.95. The van der Waals surface area contributed by atoms with Crippen molar-refractivity contribution < 1.29 is 17.9 Å². The molecular weight excluding hydrogens is 388 g/mol. The summed E-state index contributed by atoms with van der Waals surface area (Å²) in [4.78, 5) is 12.4. The summed E-state index contributed by atoms with van der Waals surface area (Å²) < 4.78 is 32.1. The van der Waals surface area contributed by atoms with Crippen LogP contribution in [-0.2, 0) is 10.0 Å². The Morgan fingerprint density at radius 1 is 0.897 bits per heavy atom. The Bertz CT molecular complexity index is 1110. The molecule has 7 heteroatoms. The van der Waals surface area contributed by atoms with E-state index in [0.29, 0.717) is 22.7 Å². The van der Waals surface area contributed by atoms with Crippen molar-refractivity contribution >= 4 is 33.4 Å². The third kappa shape index (κ3) is 5.70. The zero-order valence-electron chi connectivity index (χ0n) is 15.7. The topological polar surface area (TPSA) is 84.5 Å². The van der Waals surface area contributed by atoms with E-state index in [1.807, 2.05) is 24.3 Å².